The molecule has 1 amide bonds. The average Bonchev–Trinajstić information content (AvgIpc) is 2.88. The molecule has 8 heteroatoms. The minimum absolute atomic E-state index is 0.0460. The van der Waals surface area contributed by atoms with E-state index in [0.29, 0.717) is 17.5 Å². The van der Waals surface area contributed by atoms with Gasteiger partial charge in [-0.15, -0.1) is 0 Å². The van der Waals surface area contributed by atoms with Crippen molar-refractivity contribution < 1.29 is 4.79 Å². The van der Waals surface area contributed by atoms with Crippen molar-refractivity contribution in [3.63, 3.8) is 0 Å². The highest BCUT2D eigenvalue weighted by Gasteiger charge is 2.22. The van der Waals surface area contributed by atoms with Crippen LogP contribution in [-0.2, 0) is 11.3 Å². The second-order valence-corrected chi connectivity index (χ2v) is 6.83. The third-order valence-electron chi connectivity index (χ3n) is 4.53. The topological polar surface area (TPSA) is 75.9 Å². The number of halogens is 1. The molecule has 1 N–H and O–H groups in total. The summed E-state index contributed by atoms with van der Waals surface area (Å²) in [6, 6.07) is 1.82. The SMILES string of the molecule is Cc1nn(CC(=O)NC[C@@H]2CCCN(c3ncccn3)C2)c(C)c1Cl. The lowest BCUT2D eigenvalue weighted by Gasteiger charge is -2.32. The van der Waals surface area contributed by atoms with E-state index >= 15 is 0 Å². The van der Waals surface area contributed by atoms with Gasteiger partial charge in [0.1, 0.15) is 6.54 Å². The van der Waals surface area contributed by atoms with Crippen LogP contribution in [0.4, 0.5) is 5.95 Å². The summed E-state index contributed by atoms with van der Waals surface area (Å²) >= 11 is 6.12. The first-order chi connectivity index (χ1) is 12.0. The maximum atomic E-state index is 12.2. The molecule has 2 aromatic heterocycles. The van der Waals surface area contributed by atoms with E-state index in [2.05, 4.69) is 25.3 Å². The Morgan fingerprint density at radius 1 is 1.36 bits per heavy atom. The second-order valence-electron chi connectivity index (χ2n) is 6.45. The van der Waals surface area contributed by atoms with Gasteiger partial charge in [0.15, 0.2) is 0 Å². The molecular formula is C17H23ClN6O. The van der Waals surface area contributed by atoms with Crippen molar-refractivity contribution in [2.24, 2.45) is 5.92 Å². The van der Waals surface area contributed by atoms with Gasteiger partial charge in [0.2, 0.25) is 11.9 Å². The van der Waals surface area contributed by atoms with Gasteiger partial charge >= 0.3 is 0 Å². The smallest absolute Gasteiger partial charge is 0.241 e. The molecule has 1 saturated heterocycles. The molecule has 0 bridgehead atoms. The van der Waals surface area contributed by atoms with Crippen molar-refractivity contribution in [2.45, 2.75) is 33.2 Å². The Morgan fingerprint density at radius 2 is 2.12 bits per heavy atom. The van der Waals surface area contributed by atoms with Crippen molar-refractivity contribution in [3.05, 3.63) is 34.9 Å². The molecule has 2 aromatic rings. The van der Waals surface area contributed by atoms with Crippen LogP contribution in [0.25, 0.3) is 0 Å². The molecule has 0 unspecified atom stereocenters. The summed E-state index contributed by atoms with van der Waals surface area (Å²) < 4.78 is 1.65. The van der Waals surface area contributed by atoms with Gasteiger partial charge in [0.25, 0.3) is 0 Å². The van der Waals surface area contributed by atoms with E-state index in [1.807, 2.05) is 19.9 Å². The standard InChI is InChI=1S/C17H23ClN6O/c1-12-16(18)13(2)24(22-12)11-15(25)21-9-14-5-3-8-23(10-14)17-19-6-4-7-20-17/h4,6-7,14H,3,5,8-11H2,1-2H3,(H,21,25)/t14-/m0/s1. The molecule has 134 valence electrons. The molecule has 0 aliphatic carbocycles. The van der Waals surface area contributed by atoms with Gasteiger partial charge in [0.05, 0.1) is 16.4 Å². The van der Waals surface area contributed by atoms with Crippen molar-refractivity contribution in [1.29, 1.82) is 0 Å². The number of carbonyl (C=O) groups is 1. The fourth-order valence-electron chi connectivity index (χ4n) is 3.15. The zero-order chi connectivity index (χ0) is 17.8. The van der Waals surface area contributed by atoms with Crippen molar-refractivity contribution in [3.8, 4) is 0 Å². The molecule has 7 nitrogen and oxygen atoms in total. The molecule has 0 saturated carbocycles. The van der Waals surface area contributed by atoms with Gasteiger partial charge in [-0.25, -0.2) is 9.97 Å². The minimum Gasteiger partial charge on any atom is -0.354 e. The van der Waals surface area contributed by atoms with E-state index in [1.165, 1.54) is 0 Å². The lowest BCUT2D eigenvalue weighted by molar-refractivity contribution is -0.122. The number of hydrogen-bond donors (Lipinski definition) is 1. The molecule has 1 aliphatic heterocycles. The number of aryl methyl sites for hydroxylation is 1. The van der Waals surface area contributed by atoms with Crippen LogP contribution < -0.4 is 10.2 Å². The predicted octanol–water partition coefficient (Wildman–Crippen LogP) is 1.98. The maximum Gasteiger partial charge on any atom is 0.241 e. The van der Waals surface area contributed by atoms with Crippen molar-refractivity contribution in [1.82, 2.24) is 25.1 Å². The fraction of sp³-hybridized carbons (Fsp3) is 0.529. The summed E-state index contributed by atoms with van der Waals surface area (Å²) in [5.41, 5.74) is 1.57. The third-order valence-corrected chi connectivity index (χ3v) is 5.08. The van der Waals surface area contributed by atoms with Crippen molar-refractivity contribution >= 4 is 23.5 Å². The van der Waals surface area contributed by atoms with E-state index in [0.717, 1.165) is 43.3 Å². The van der Waals surface area contributed by atoms with E-state index in [9.17, 15) is 4.79 Å². The van der Waals surface area contributed by atoms with Crippen LogP contribution in [-0.4, -0.2) is 45.3 Å². The third kappa shape index (κ3) is 4.28. The van der Waals surface area contributed by atoms with Gasteiger partial charge in [-0.3, -0.25) is 9.48 Å². The van der Waals surface area contributed by atoms with Gasteiger partial charge in [-0.2, -0.15) is 5.10 Å². The number of anilines is 1. The quantitative estimate of drug-likeness (QED) is 0.880. The van der Waals surface area contributed by atoms with Crippen molar-refractivity contribution in [2.75, 3.05) is 24.5 Å². The first-order valence-corrected chi connectivity index (χ1v) is 8.90. The first kappa shape index (κ1) is 17.7. The Morgan fingerprint density at radius 3 is 2.80 bits per heavy atom. The number of amides is 1. The Balaban J connectivity index is 1.51. The Kier molecular flexibility index (Phi) is 5.53. The number of nitrogens with zero attached hydrogens (tertiary/aromatic N) is 5. The number of rotatable bonds is 5. The minimum atomic E-state index is -0.0460. The summed E-state index contributed by atoms with van der Waals surface area (Å²) in [6.45, 7) is 6.36. The highest BCUT2D eigenvalue weighted by atomic mass is 35.5. The monoisotopic (exact) mass is 362 g/mol. The Labute approximate surface area is 152 Å². The summed E-state index contributed by atoms with van der Waals surface area (Å²) in [5.74, 6) is 1.11. The summed E-state index contributed by atoms with van der Waals surface area (Å²) in [4.78, 5) is 23.0. The number of hydrogen-bond acceptors (Lipinski definition) is 5. The van der Waals surface area contributed by atoms with Crippen LogP contribution in [0.3, 0.4) is 0 Å². The highest BCUT2D eigenvalue weighted by molar-refractivity contribution is 6.31. The largest absolute Gasteiger partial charge is 0.354 e. The van der Waals surface area contributed by atoms with E-state index in [-0.39, 0.29) is 12.5 Å². The van der Waals surface area contributed by atoms with Crippen LogP contribution in [0.1, 0.15) is 24.2 Å². The number of nitrogens with one attached hydrogen (secondary N) is 1. The van der Waals surface area contributed by atoms with Gasteiger partial charge in [0, 0.05) is 32.0 Å². The summed E-state index contributed by atoms with van der Waals surface area (Å²) in [6.07, 6.45) is 5.68. The molecule has 1 aliphatic rings. The maximum absolute atomic E-state index is 12.2. The molecule has 3 heterocycles. The zero-order valence-corrected chi connectivity index (χ0v) is 15.3. The van der Waals surface area contributed by atoms with Crippen LogP contribution in [0.5, 0.6) is 0 Å². The molecular weight excluding hydrogens is 340 g/mol. The zero-order valence-electron chi connectivity index (χ0n) is 14.6. The Bertz CT molecular complexity index is 732. The van der Waals surface area contributed by atoms with Gasteiger partial charge in [-0.05, 0) is 38.7 Å². The normalized spacial score (nSPS) is 17.6. The number of aromatic nitrogens is 4. The molecule has 0 radical (unpaired) electrons. The lowest BCUT2D eigenvalue weighted by Crippen LogP contribution is -2.42. The molecule has 1 atom stereocenters. The lowest BCUT2D eigenvalue weighted by atomic mass is 9.98. The van der Waals surface area contributed by atoms with Crippen LogP contribution in [0.15, 0.2) is 18.5 Å². The predicted molar refractivity (Wildman–Crippen MR) is 96.7 cm³/mol. The summed E-state index contributed by atoms with van der Waals surface area (Å²) in [7, 11) is 0. The second kappa shape index (κ2) is 7.82. The molecule has 0 aromatic carbocycles. The highest BCUT2D eigenvalue weighted by Crippen LogP contribution is 2.20. The fourth-order valence-corrected chi connectivity index (χ4v) is 3.28. The van der Waals surface area contributed by atoms with Crippen LogP contribution in [0, 0.1) is 19.8 Å². The van der Waals surface area contributed by atoms with E-state index < -0.39 is 0 Å². The van der Waals surface area contributed by atoms with E-state index in [1.54, 1.807) is 17.1 Å². The van der Waals surface area contributed by atoms with Gasteiger partial charge in [-0.1, -0.05) is 11.6 Å². The average molecular weight is 363 g/mol. The molecule has 25 heavy (non-hydrogen) atoms. The van der Waals surface area contributed by atoms with Crippen LogP contribution >= 0.6 is 11.6 Å². The Hall–Kier alpha value is -2.15. The molecule has 1 fully saturated rings. The first-order valence-electron chi connectivity index (χ1n) is 8.52. The summed E-state index contributed by atoms with van der Waals surface area (Å²) in [5, 5.41) is 7.94. The van der Waals surface area contributed by atoms with E-state index in [4.69, 9.17) is 11.6 Å². The number of carbonyl (C=O) groups excluding carboxylic acids is 1. The van der Waals surface area contributed by atoms with Gasteiger partial charge < -0.3 is 10.2 Å². The number of piperidine rings is 1. The molecule has 3 rings (SSSR count). The van der Waals surface area contributed by atoms with Crippen LogP contribution in [0.2, 0.25) is 5.02 Å². The molecule has 0 spiro atoms.